The predicted molar refractivity (Wildman–Crippen MR) is 126 cm³/mol. The molecular formula is C25H28N2O4S. The van der Waals surface area contributed by atoms with Crippen molar-refractivity contribution in [2.45, 2.75) is 38.2 Å². The molecule has 0 aliphatic carbocycles. The van der Waals surface area contributed by atoms with E-state index in [0.29, 0.717) is 24.4 Å². The van der Waals surface area contributed by atoms with E-state index in [1.54, 1.807) is 19.1 Å². The second kappa shape index (κ2) is 10.4. The van der Waals surface area contributed by atoms with E-state index in [9.17, 15) is 13.2 Å². The summed E-state index contributed by atoms with van der Waals surface area (Å²) in [6, 6.07) is 21.6. The van der Waals surface area contributed by atoms with Gasteiger partial charge < -0.3 is 10.1 Å². The van der Waals surface area contributed by atoms with Crippen molar-refractivity contribution in [3.05, 3.63) is 89.5 Å². The van der Waals surface area contributed by atoms with Gasteiger partial charge in [-0.25, -0.2) is 13.1 Å². The highest BCUT2D eigenvalue weighted by molar-refractivity contribution is 7.89. The number of nitrogens with one attached hydrogen (secondary N) is 2. The molecule has 2 N–H and O–H groups in total. The molecule has 0 bridgehead atoms. The van der Waals surface area contributed by atoms with Gasteiger partial charge in [-0.15, -0.1) is 0 Å². The summed E-state index contributed by atoms with van der Waals surface area (Å²) in [4.78, 5) is 12.6. The van der Waals surface area contributed by atoms with Gasteiger partial charge in [0, 0.05) is 12.2 Å². The molecule has 3 aromatic rings. The van der Waals surface area contributed by atoms with Gasteiger partial charge in [0.2, 0.25) is 10.0 Å². The Balaban J connectivity index is 1.56. The van der Waals surface area contributed by atoms with Gasteiger partial charge in [-0.3, -0.25) is 4.79 Å². The van der Waals surface area contributed by atoms with E-state index >= 15 is 0 Å². The minimum Gasteiger partial charge on any atom is -0.481 e. The molecule has 0 heterocycles. The average molecular weight is 453 g/mol. The van der Waals surface area contributed by atoms with Crippen molar-refractivity contribution in [3.63, 3.8) is 0 Å². The third-order valence-corrected chi connectivity index (χ3v) is 6.47. The SMILES string of the molecule is Cc1ccc(C)c(OC(C)C(=O)Nc2ccc(S(=O)(=O)NCCc3ccccc3)cc2)c1. The van der Waals surface area contributed by atoms with Gasteiger partial charge >= 0.3 is 0 Å². The predicted octanol–water partition coefficient (Wildman–Crippen LogP) is 4.23. The van der Waals surface area contributed by atoms with Crippen LogP contribution in [0.3, 0.4) is 0 Å². The van der Waals surface area contributed by atoms with E-state index in [-0.39, 0.29) is 10.8 Å². The number of ether oxygens (including phenoxy) is 1. The lowest BCUT2D eigenvalue weighted by Crippen LogP contribution is -2.30. The molecule has 7 heteroatoms. The Kier molecular flexibility index (Phi) is 7.66. The number of hydrogen-bond donors (Lipinski definition) is 2. The standard InChI is InChI=1S/C25H28N2O4S/c1-18-9-10-19(2)24(17-18)31-20(3)25(28)27-22-11-13-23(14-12-22)32(29,30)26-16-15-21-7-5-4-6-8-21/h4-14,17,20,26H,15-16H2,1-3H3,(H,27,28). The zero-order chi connectivity index (χ0) is 23.1. The Morgan fingerprint density at radius 2 is 1.66 bits per heavy atom. The van der Waals surface area contributed by atoms with Crippen LogP contribution in [0, 0.1) is 13.8 Å². The summed E-state index contributed by atoms with van der Waals surface area (Å²) in [6.07, 6.45) is -0.106. The van der Waals surface area contributed by atoms with E-state index in [1.807, 2.05) is 62.4 Å². The van der Waals surface area contributed by atoms with Crippen LogP contribution in [0.5, 0.6) is 5.75 Å². The molecule has 0 aliphatic heterocycles. The molecule has 6 nitrogen and oxygen atoms in total. The number of carbonyl (C=O) groups is 1. The molecule has 1 atom stereocenters. The molecule has 0 spiro atoms. The normalized spacial score (nSPS) is 12.2. The third-order valence-electron chi connectivity index (χ3n) is 5.00. The monoisotopic (exact) mass is 452 g/mol. The van der Waals surface area contributed by atoms with Crippen LogP contribution in [0.4, 0.5) is 5.69 Å². The first-order valence-electron chi connectivity index (χ1n) is 10.4. The summed E-state index contributed by atoms with van der Waals surface area (Å²) in [5.74, 6) is 0.346. The number of benzene rings is 3. The molecule has 0 saturated carbocycles. The van der Waals surface area contributed by atoms with Crippen LogP contribution >= 0.6 is 0 Å². The number of anilines is 1. The fourth-order valence-corrected chi connectivity index (χ4v) is 4.13. The highest BCUT2D eigenvalue weighted by Gasteiger charge is 2.17. The Morgan fingerprint density at radius 1 is 0.969 bits per heavy atom. The third kappa shape index (κ3) is 6.42. The van der Waals surface area contributed by atoms with E-state index in [4.69, 9.17) is 4.74 Å². The van der Waals surface area contributed by atoms with Crippen molar-refractivity contribution >= 4 is 21.6 Å². The maximum atomic E-state index is 12.5. The number of aryl methyl sites for hydroxylation is 2. The van der Waals surface area contributed by atoms with Crippen molar-refractivity contribution in [1.29, 1.82) is 0 Å². The van der Waals surface area contributed by atoms with Crippen LogP contribution in [0.2, 0.25) is 0 Å². The quantitative estimate of drug-likeness (QED) is 0.509. The van der Waals surface area contributed by atoms with Crippen molar-refractivity contribution in [3.8, 4) is 5.75 Å². The van der Waals surface area contributed by atoms with Crippen molar-refractivity contribution < 1.29 is 17.9 Å². The minimum atomic E-state index is -3.63. The van der Waals surface area contributed by atoms with Gasteiger partial charge in [0.05, 0.1) is 4.90 Å². The van der Waals surface area contributed by atoms with Crippen molar-refractivity contribution in [2.24, 2.45) is 0 Å². The molecule has 0 aromatic heterocycles. The second-order valence-electron chi connectivity index (χ2n) is 7.68. The topological polar surface area (TPSA) is 84.5 Å². The van der Waals surface area contributed by atoms with Gasteiger partial charge in [0.15, 0.2) is 6.10 Å². The average Bonchev–Trinajstić information content (AvgIpc) is 2.77. The fraction of sp³-hybridized carbons (Fsp3) is 0.240. The van der Waals surface area contributed by atoms with E-state index in [1.165, 1.54) is 12.1 Å². The lowest BCUT2D eigenvalue weighted by atomic mass is 10.1. The molecule has 3 aromatic carbocycles. The van der Waals surface area contributed by atoms with Crippen LogP contribution in [0.1, 0.15) is 23.6 Å². The summed E-state index contributed by atoms with van der Waals surface area (Å²) >= 11 is 0. The van der Waals surface area contributed by atoms with Crippen LogP contribution < -0.4 is 14.8 Å². The molecule has 3 rings (SSSR count). The Hall–Kier alpha value is -3.16. The van der Waals surface area contributed by atoms with Crippen molar-refractivity contribution in [2.75, 3.05) is 11.9 Å². The molecule has 0 radical (unpaired) electrons. The summed E-state index contributed by atoms with van der Waals surface area (Å²) < 4.78 is 33.4. The summed E-state index contributed by atoms with van der Waals surface area (Å²) in [6.45, 7) is 5.86. The maximum Gasteiger partial charge on any atom is 0.265 e. The van der Waals surface area contributed by atoms with Crippen LogP contribution in [-0.2, 0) is 21.2 Å². The summed E-state index contributed by atoms with van der Waals surface area (Å²) in [5, 5.41) is 2.76. The Labute approximate surface area is 189 Å². The molecule has 32 heavy (non-hydrogen) atoms. The number of hydrogen-bond acceptors (Lipinski definition) is 4. The fourth-order valence-electron chi connectivity index (χ4n) is 3.10. The van der Waals surface area contributed by atoms with Crippen LogP contribution in [0.25, 0.3) is 0 Å². The molecule has 1 unspecified atom stereocenters. The number of rotatable bonds is 9. The van der Waals surface area contributed by atoms with E-state index in [0.717, 1.165) is 16.7 Å². The lowest BCUT2D eigenvalue weighted by Gasteiger charge is -2.17. The van der Waals surface area contributed by atoms with Gasteiger partial charge in [-0.1, -0.05) is 42.5 Å². The first kappa shape index (κ1) is 23.5. The molecule has 0 saturated heterocycles. The zero-order valence-corrected chi connectivity index (χ0v) is 19.3. The largest absolute Gasteiger partial charge is 0.481 e. The molecule has 0 aliphatic rings. The number of amides is 1. The first-order valence-corrected chi connectivity index (χ1v) is 11.9. The smallest absolute Gasteiger partial charge is 0.265 e. The lowest BCUT2D eigenvalue weighted by molar-refractivity contribution is -0.122. The number of sulfonamides is 1. The number of carbonyl (C=O) groups excluding carboxylic acids is 1. The first-order chi connectivity index (χ1) is 15.2. The second-order valence-corrected chi connectivity index (χ2v) is 9.44. The molecule has 1 amide bonds. The minimum absolute atomic E-state index is 0.142. The Morgan fingerprint density at radius 3 is 2.34 bits per heavy atom. The van der Waals surface area contributed by atoms with E-state index in [2.05, 4.69) is 10.0 Å². The highest BCUT2D eigenvalue weighted by atomic mass is 32.2. The van der Waals surface area contributed by atoms with Crippen molar-refractivity contribution in [1.82, 2.24) is 4.72 Å². The Bertz CT molecular complexity index is 1160. The molecule has 168 valence electrons. The van der Waals surface area contributed by atoms with Crippen LogP contribution in [0.15, 0.2) is 77.7 Å². The van der Waals surface area contributed by atoms with E-state index < -0.39 is 16.1 Å². The van der Waals surface area contributed by atoms with Crippen LogP contribution in [-0.4, -0.2) is 27.0 Å². The summed E-state index contributed by atoms with van der Waals surface area (Å²) in [7, 11) is -3.63. The maximum absolute atomic E-state index is 12.5. The highest BCUT2D eigenvalue weighted by Crippen LogP contribution is 2.21. The summed E-state index contributed by atoms with van der Waals surface area (Å²) in [5.41, 5.74) is 3.55. The van der Waals surface area contributed by atoms with Gasteiger partial charge in [0.1, 0.15) is 5.75 Å². The van der Waals surface area contributed by atoms with Gasteiger partial charge in [-0.2, -0.15) is 0 Å². The van der Waals surface area contributed by atoms with Gasteiger partial charge in [0.25, 0.3) is 5.91 Å². The van der Waals surface area contributed by atoms with Gasteiger partial charge in [-0.05, 0) is 74.2 Å². The zero-order valence-electron chi connectivity index (χ0n) is 18.5. The molecule has 0 fully saturated rings. The molecular weight excluding hydrogens is 424 g/mol.